The van der Waals surface area contributed by atoms with Crippen molar-refractivity contribution < 1.29 is 9.53 Å². The Kier molecular flexibility index (Phi) is 5.91. The Morgan fingerprint density at radius 1 is 1.14 bits per heavy atom. The van der Waals surface area contributed by atoms with Gasteiger partial charge in [-0.2, -0.15) is 0 Å². The van der Waals surface area contributed by atoms with Crippen LogP contribution in [0, 0.1) is 6.92 Å². The van der Waals surface area contributed by atoms with Crippen molar-refractivity contribution in [2.45, 2.75) is 25.9 Å². The number of carbonyl (C=O) groups is 1. The summed E-state index contributed by atoms with van der Waals surface area (Å²) in [7, 11) is 0. The van der Waals surface area contributed by atoms with E-state index in [2.05, 4.69) is 28.2 Å². The number of likely N-dealkylation sites (tertiary alicyclic amines) is 1. The SMILES string of the molecule is Cc1ccccc1OC1CCN(CC(=O)Nc2ccccc2-n2ccnc2)CC1. The first-order valence-corrected chi connectivity index (χ1v) is 10.0. The monoisotopic (exact) mass is 390 g/mol. The van der Waals surface area contributed by atoms with Gasteiger partial charge in [-0.3, -0.25) is 9.69 Å². The van der Waals surface area contributed by atoms with Gasteiger partial charge in [-0.05, 0) is 43.5 Å². The summed E-state index contributed by atoms with van der Waals surface area (Å²) in [5.41, 5.74) is 2.85. The molecule has 0 saturated carbocycles. The van der Waals surface area contributed by atoms with E-state index in [9.17, 15) is 4.79 Å². The van der Waals surface area contributed by atoms with Crippen molar-refractivity contribution in [3.05, 3.63) is 72.8 Å². The number of hydrogen-bond acceptors (Lipinski definition) is 4. The number of carbonyl (C=O) groups excluding carboxylic acids is 1. The highest BCUT2D eigenvalue weighted by molar-refractivity contribution is 5.94. The molecule has 2 aromatic carbocycles. The van der Waals surface area contributed by atoms with E-state index in [4.69, 9.17) is 4.74 Å². The fourth-order valence-electron chi connectivity index (χ4n) is 3.65. The lowest BCUT2D eigenvalue weighted by Crippen LogP contribution is -2.42. The molecular formula is C23H26N4O2. The second kappa shape index (κ2) is 8.92. The number of aryl methyl sites for hydroxylation is 1. The lowest BCUT2D eigenvalue weighted by Gasteiger charge is -2.32. The van der Waals surface area contributed by atoms with Crippen molar-refractivity contribution in [3.8, 4) is 11.4 Å². The molecule has 4 rings (SSSR count). The molecular weight excluding hydrogens is 364 g/mol. The summed E-state index contributed by atoms with van der Waals surface area (Å²) in [4.78, 5) is 18.9. The molecule has 0 aliphatic carbocycles. The molecule has 1 aliphatic heterocycles. The standard InChI is InChI=1S/C23H26N4O2/c1-18-6-2-5-9-22(18)29-19-10-13-26(14-11-19)16-23(28)25-20-7-3-4-8-21(20)27-15-12-24-17-27/h2-9,12,15,17,19H,10-11,13-14,16H2,1H3,(H,25,28). The van der Waals surface area contributed by atoms with Gasteiger partial charge in [-0.1, -0.05) is 30.3 Å². The molecule has 1 aromatic heterocycles. The third kappa shape index (κ3) is 4.84. The highest BCUT2D eigenvalue weighted by atomic mass is 16.5. The van der Waals surface area contributed by atoms with Gasteiger partial charge in [0, 0.05) is 25.5 Å². The third-order valence-electron chi connectivity index (χ3n) is 5.25. The molecule has 1 amide bonds. The van der Waals surface area contributed by atoms with Crippen LogP contribution in [0.15, 0.2) is 67.3 Å². The smallest absolute Gasteiger partial charge is 0.238 e. The minimum absolute atomic E-state index is 0.00385. The van der Waals surface area contributed by atoms with Crippen molar-refractivity contribution >= 4 is 11.6 Å². The molecule has 6 heteroatoms. The number of para-hydroxylation sites is 3. The normalized spacial score (nSPS) is 15.2. The topological polar surface area (TPSA) is 59.4 Å². The molecule has 0 atom stereocenters. The number of nitrogens with zero attached hydrogens (tertiary/aromatic N) is 3. The first-order chi connectivity index (χ1) is 14.2. The van der Waals surface area contributed by atoms with E-state index >= 15 is 0 Å². The maximum Gasteiger partial charge on any atom is 0.238 e. The van der Waals surface area contributed by atoms with Crippen molar-refractivity contribution in [1.29, 1.82) is 0 Å². The van der Waals surface area contributed by atoms with Gasteiger partial charge in [0.25, 0.3) is 0 Å². The van der Waals surface area contributed by atoms with Crippen LogP contribution in [0.4, 0.5) is 5.69 Å². The summed E-state index contributed by atoms with van der Waals surface area (Å²) in [6.07, 6.45) is 7.37. The molecule has 2 heterocycles. The van der Waals surface area contributed by atoms with E-state index in [-0.39, 0.29) is 12.0 Å². The molecule has 29 heavy (non-hydrogen) atoms. The zero-order chi connectivity index (χ0) is 20.1. The summed E-state index contributed by atoms with van der Waals surface area (Å²) in [6.45, 7) is 4.16. The van der Waals surface area contributed by atoms with E-state index in [0.717, 1.165) is 48.6 Å². The maximum absolute atomic E-state index is 12.6. The van der Waals surface area contributed by atoms with Gasteiger partial charge in [0.05, 0.1) is 24.2 Å². The summed E-state index contributed by atoms with van der Waals surface area (Å²) in [5.74, 6) is 0.954. The molecule has 0 unspecified atom stereocenters. The number of nitrogens with one attached hydrogen (secondary N) is 1. The minimum atomic E-state index is -0.00385. The number of benzene rings is 2. The van der Waals surface area contributed by atoms with Gasteiger partial charge < -0.3 is 14.6 Å². The Bertz CT molecular complexity index is 947. The van der Waals surface area contributed by atoms with Crippen LogP contribution in [0.2, 0.25) is 0 Å². The van der Waals surface area contributed by atoms with Crippen LogP contribution < -0.4 is 10.1 Å². The third-order valence-corrected chi connectivity index (χ3v) is 5.25. The number of aromatic nitrogens is 2. The molecule has 0 spiro atoms. The van der Waals surface area contributed by atoms with E-state index in [1.165, 1.54) is 0 Å². The highest BCUT2D eigenvalue weighted by Crippen LogP contribution is 2.23. The predicted molar refractivity (Wildman–Crippen MR) is 113 cm³/mol. The van der Waals surface area contributed by atoms with Gasteiger partial charge in [0.1, 0.15) is 11.9 Å². The molecule has 3 aromatic rings. The van der Waals surface area contributed by atoms with Gasteiger partial charge in [0.2, 0.25) is 5.91 Å². The molecule has 1 saturated heterocycles. The van der Waals surface area contributed by atoms with Crippen molar-refractivity contribution in [2.75, 3.05) is 25.0 Å². The summed E-state index contributed by atoms with van der Waals surface area (Å²) >= 11 is 0. The van der Waals surface area contributed by atoms with Crippen LogP contribution >= 0.6 is 0 Å². The second-order valence-electron chi connectivity index (χ2n) is 7.39. The average Bonchev–Trinajstić information content (AvgIpc) is 3.26. The van der Waals surface area contributed by atoms with Gasteiger partial charge in [0.15, 0.2) is 0 Å². The summed E-state index contributed by atoms with van der Waals surface area (Å²) in [6, 6.07) is 15.9. The fourth-order valence-corrected chi connectivity index (χ4v) is 3.65. The van der Waals surface area contributed by atoms with Crippen LogP contribution in [0.5, 0.6) is 5.75 Å². The van der Waals surface area contributed by atoms with Gasteiger partial charge >= 0.3 is 0 Å². The molecule has 1 fully saturated rings. The van der Waals surface area contributed by atoms with Gasteiger partial charge in [-0.25, -0.2) is 4.98 Å². The van der Waals surface area contributed by atoms with Crippen LogP contribution in [0.1, 0.15) is 18.4 Å². The number of anilines is 1. The molecule has 1 N–H and O–H groups in total. The van der Waals surface area contributed by atoms with Crippen LogP contribution in [0.25, 0.3) is 5.69 Å². The fraction of sp³-hybridized carbons (Fsp3) is 0.304. The zero-order valence-electron chi connectivity index (χ0n) is 16.6. The highest BCUT2D eigenvalue weighted by Gasteiger charge is 2.22. The van der Waals surface area contributed by atoms with E-state index in [0.29, 0.717) is 6.54 Å². The van der Waals surface area contributed by atoms with Gasteiger partial charge in [-0.15, -0.1) is 0 Å². The Balaban J connectivity index is 1.29. The molecule has 0 radical (unpaired) electrons. The Labute approximate surface area is 171 Å². The van der Waals surface area contributed by atoms with Crippen molar-refractivity contribution in [2.24, 2.45) is 0 Å². The maximum atomic E-state index is 12.6. The average molecular weight is 390 g/mol. The number of amides is 1. The van der Waals surface area contributed by atoms with Crippen LogP contribution in [-0.2, 0) is 4.79 Å². The Hall–Kier alpha value is -3.12. The number of hydrogen-bond donors (Lipinski definition) is 1. The number of rotatable bonds is 6. The number of imidazole rings is 1. The quantitative estimate of drug-likeness (QED) is 0.698. The molecule has 1 aliphatic rings. The predicted octanol–water partition coefficient (Wildman–Crippen LogP) is 3.66. The second-order valence-corrected chi connectivity index (χ2v) is 7.39. The molecule has 6 nitrogen and oxygen atoms in total. The summed E-state index contributed by atoms with van der Waals surface area (Å²) in [5, 5.41) is 3.04. The van der Waals surface area contributed by atoms with Crippen LogP contribution in [0.3, 0.4) is 0 Å². The first-order valence-electron chi connectivity index (χ1n) is 10.0. The Morgan fingerprint density at radius 3 is 2.66 bits per heavy atom. The first kappa shape index (κ1) is 19.2. The number of piperidine rings is 1. The van der Waals surface area contributed by atoms with Crippen LogP contribution in [-0.4, -0.2) is 46.1 Å². The summed E-state index contributed by atoms with van der Waals surface area (Å²) < 4.78 is 8.05. The van der Waals surface area contributed by atoms with Crippen molar-refractivity contribution in [1.82, 2.24) is 14.5 Å². The molecule has 0 bridgehead atoms. The van der Waals surface area contributed by atoms with E-state index in [1.807, 2.05) is 53.2 Å². The lowest BCUT2D eigenvalue weighted by atomic mass is 10.1. The zero-order valence-corrected chi connectivity index (χ0v) is 16.6. The lowest BCUT2D eigenvalue weighted by molar-refractivity contribution is -0.117. The largest absolute Gasteiger partial charge is 0.490 e. The number of ether oxygens (including phenoxy) is 1. The van der Waals surface area contributed by atoms with E-state index in [1.54, 1.807) is 12.5 Å². The minimum Gasteiger partial charge on any atom is -0.490 e. The van der Waals surface area contributed by atoms with Crippen molar-refractivity contribution in [3.63, 3.8) is 0 Å². The Morgan fingerprint density at radius 2 is 1.90 bits per heavy atom. The van der Waals surface area contributed by atoms with E-state index < -0.39 is 0 Å². The molecule has 150 valence electrons.